The fraction of sp³-hybridized carbons (Fsp3) is 0.350. The van der Waals surface area contributed by atoms with Crippen molar-refractivity contribution in [2.45, 2.75) is 18.9 Å². The highest BCUT2D eigenvalue weighted by atomic mass is 16.5. The molecular formula is C20H24N2O2. The molecule has 2 aromatic rings. The molecule has 4 nitrogen and oxygen atoms in total. The molecule has 1 aliphatic heterocycles. The fourth-order valence-corrected chi connectivity index (χ4v) is 3.22. The Morgan fingerprint density at radius 3 is 2.58 bits per heavy atom. The van der Waals surface area contributed by atoms with Gasteiger partial charge in [0, 0.05) is 11.8 Å². The number of aliphatic imine (C=N–C) groups is 1. The minimum atomic E-state index is 0.140. The van der Waals surface area contributed by atoms with Crippen LogP contribution < -0.4 is 4.74 Å². The number of hydrogen-bond acceptors (Lipinski definition) is 4. The van der Waals surface area contributed by atoms with Crippen molar-refractivity contribution in [1.29, 1.82) is 0 Å². The van der Waals surface area contributed by atoms with Crippen molar-refractivity contribution < 1.29 is 9.84 Å². The van der Waals surface area contributed by atoms with Gasteiger partial charge in [-0.25, -0.2) is 0 Å². The van der Waals surface area contributed by atoms with Crippen molar-refractivity contribution in [3.05, 3.63) is 59.7 Å². The Bertz CT molecular complexity index is 679. The number of ether oxygens (including phenoxy) is 1. The van der Waals surface area contributed by atoms with E-state index in [-0.39, 0.29) is 11.8 Å². The summed E-state index contributed by atoms with van der Waals surface area (Å²) in [6, 6.07) is 16.3. The average Bonchev–Trinajstić information content (AvgIpc) is 3.15. The lowest BCUT2D eigenvalue weighted by Gasteiger charge is -2.26. The SMILES string of the molecule is COc1cccc(C=NC[C@H](c2ccccc2)N2CCCC2)c1O. The number of para-hydroxylation sites is 1. The van der Waals surface area contributed by atoms with Crippen molar-refractivity contribution in [2.75, 3.05) is 26.7 Å². The van der Waals surface area contributed by atoms with Crippen molar-refractivity contribution in [3.63, 3.8) is 0 Å². The third kappa shape index (κ3) is 3.77. The third-order valence-electron chi connectivity index (χ3n) is 4.52. The summed E-state index contributed by atoms with van der Waals surface area (Å²) in [4.78, 5) is 7.12. The van der Waals surface area contributed by atoms with E-state index in [1.165, 1.54) is 18.4 Å². The standard InChI is InChI=1S/C20H24N2O2/c1-24-19-11-7-10-17(20(19)23)14-21-15-18(22-12-5-6-13-22)16-8-3-2-4-9-16/h2-4,7-11,14,18,23H,5-6,12-13,15H2,1H3/t18-/m1/s1. The van der Waals surface area contributed by atoms with Gasteiger partial charge in [0.15, 0.2) is 11.5 Å². The van der Waals surface area contributed by atoms with Crippen LogP contribution >= 0.6 is 0 Å². The quantitative estimate of drug-likeness (QED) is 0.825. The van der Waals surface area contributed by atoms with Gasteiger partial charge in [0.25, 0.3) is 0 Å². The number of methoxy groups -OCH3 is 1. The van der Waals surface area contributed by atoms with Gasteiger partial charge in [-0.2, -0.15) is 0 Å². The molecule has 0 bridgehead atoms. The monoisotopic (exact) mass is 324 g/mol. The van der Waals surface area contributed by atoms with Gasteiger partial charge >= 0.3 is 0 Å². The molecular weight excluding hydrogens is 300 g/mol. The van der Waals surface area contributed by atoms with Crippen LogP contribution in [0.5, 0.6) is 11.5 Å². The van der Waals surface area contributed by atoms with Crippen LogP contribution in [0.2, 0.25) is 0 Å². The molecule has 1 atom stereocenters. The Hall–Kier alpha value is -2.33. The van der Waals surface area contributed by atoms with Gasteiger partial charge in [-0.3, -0.25) is 9.89 Å². The lowest BCUT2D eigenvalue weighted by molar-refractivity contribution is 0.252. The zero-order valence-corrected chi connectivity index (χ0v) is 14.1. The van der Waals surface area contributed by atoms with Gasteiger partial charge in [0.05, 0.1) is 19.7 Å². The maximum Gasteiger partial charge on any atom is 0.166 e. The number of phenolic OH excluding ortho intramolecular Hbond substituents is 1. The molecule has 2 aromatic carbocycles. The van der Waals surface area contributed by atoms with Gasteiger partial charge in [0.2, 0.25) is 0 Å². The molecule has 1 aliphatic rings. The lowest BCUT2D eigenvalue weighted by atomic mass is 10.1. The molecule has 0 spiro atoms. The van der Waals surface area contributed by atoms with E-state index >= 15 is 0 Å². The number of nitrogens with zero attached hydrogens (tertiary/aromatic N) is 2. The van der Waals surface area contributed by atoms with E-state index in [2.05, 4.69) is 34.2 Å². The molecule has 126 valence electrons. The van der Waals surface area contributed by atoms with E-state index in [9.17, 15) is 5.11 Å². The summed E-state index contributed by atoms with van der Waals surface area (Å²) in [7, 11) is 1.55. The molecule has 4 heteroatoms. The zero-order valence-electron chi connectivity index (χ0n) is 14.1. The van der Waals surface area contributed by atoms with Crippen LogP contribution in [-0.2, 0) is 0 Å². The second-order valence-corrected chi connectivity index (χ2v) is 6.06. The van der Waals surface area contributed by atoms with Crippen LogP contribution in [0.4, 0.5) is 0 Å². The number of likely N-dealkylation sites (tertiary alicyclic amines) is 1. The van der Waals surface area contributed by atoms with E-state index in [1.807, 2.05) is 18.2 Å². The molecule has 0 saturated carbocycles. The molecule has 1 fully saturated rings. The maximum atomic E-state index is 10.2. The first-order chi connectivity index (χ1) is 11.8. The molecule has 0 aliphatic carbocycles. The predicted molar refractivity (Wildman–Crippen MR) is 97.1 cm³/mol. The molecule has 1 N–H and O–H groups in total. The second-order valence-electron chi connectivity index (χ2n) is 6.06. The molecule has 0 aromatic heterocycles. The molecule has 3 rings (SSSR count). The highest BCUT2D eigenvalue weighted by molar-refractivity contribution is 5.84. The van der Waals surface area contributed by atoms with Gasteiger partial charge < -0.3 is 9.84 Å². The Morgan fingerprint density at radius 1 is 1.12 bits per heavy atom. The number of rotatable bonds is 6. The summed E-state index contributed by atoms with van der Waals surface area (Å²) >= 11 is 0. The zero-order chi connectivity index (χ0) is 16.8. The molecule has 0 amide bonds. The highest BCUT2D eigenvalue weighted by Gasteiger charge is 2.22. The van der Waals surface area contributed by atoms with Crippen LogP contribution in [0, 0.1) is 0 Å². The summed E-state index contributed by atoms with van der Waals surface area (Å²) in [5.41, 5.74) is 1.98. The van der Waals surface area contributed by atoms with Crippen molar-refractivity contribution in [3.8, 4) is 11.5 Å². The third-order valence-corrected chi connectivity index (χ3v) is 4.52. The first-order valence-electron chi connectivity index (χ1n) is 8.44. The summed E-state index contributed by atoms with van der Waals surface area (Å²) in [5.74, 6) is 0.610. The number of aromatic hydroxyl groups is 1. The first kappa shape index (κ1) is 16.5. The van der Waals surface area contributed by atoms with Gasteiger partial charge in [0.1, 0.15) is 0 Å². The predicted octanol–water partition coefficient (Wildman–Crippen LogP) is 3.66. The molecule has 0 radical (unpaired) electrons. The second kappa shape index (κ2) is 7.97. The van der Waals surface area contributed by atoms with Crippen LogP contribution in [0.25, 0.3) is 0 Å². The lowest BCUT2D eigenvalue weighted by Crippen LogP contribution is -2.27. The van der Waals surface area contributed by atoms with E-state index in [4.69, 9.17) is 4.74 Å². The van der Waals surface area contributed by atoms with Gasteiger partial charge in [-0.1, -0.05) is 36.4 Å². The van der Waals surface area contributed by atoms with Gasteiger partial charge in [-0.15, -0.1) is 0 Å². The van der Waals surface area contributed by atoms with E-state index in [0.717, 1.165) is 13.1 Å². The number of phenols is 1. The minimum Gasteiger partial charge on any atom is -0.504 e. The largest absolute Gasteiger partial charge is 0.504 e. The molecule has 24 heavy (non-hydrogen) atoms. The first-order valence-corrected chi connectivity index (χ1v) is 8.44. The fourth-order valence-electron chi connectivity index (χ4n) is 3.22. The van der Waals surface area contributed by atoms with Crippen LogP contribution in [0.1, 0.15) is 30.0 Å². The van der Waals surface area contributed by atoms with Crippen molar-refractivity contribution in [1.82, 2.24) is 4.90 Å². The Morgan fingerprint density at radius 2 is 1.88 bits per heavy atom. The maximum absolute atomic E-state index is 10.2. The minimum absolute atomic E-state index is 0.140. The summed E-state index contributed by atoms with van der Waals surface area (Å²) in [6.45, 7) is 2.93. The molecule has 1 saturated heterocycles. The average molecular weight is 324 g/mol. The normalized spacial score (nSPS) is 16.5. The van der Waals surface area contributed by atoms with Crippen molar-refractivity contribution >= 4 is 6.21 Å². The topological polar surface area (TPSA) is 45.1 Å². The van der Waals surface area contributed by atoms with E-state index in [0.29, 0.717) is 17.9 Å². The summed E-state index contributed by atoms with van der Waals surface area (Å²) in [5, 5.41) is 10.2. The van der Waals surface area contributed by atoms with E-state index < -0.39 is 0 Å². The Balaban J connectivity index is 1.76. The van der Waals surface area contributed by atoms with E-state index in [1.54, 1.807) is 19.4 Å². The number of benzene rings is 2. The Labute approximate surface area is 143 Å². The molecule has 1 heterocycles. The smallest absolute Gasteiger partial charge is 0.166 e. The van der Waals surface area contributed by atoms with Crippen LogP contribution in [0.3, 0.4) is 0 Å². The van der Waals surface area contributed by atoms with Crippen molar-refractivity contribution in [2.24, 2.45) is 4.99 Å². The van der Waals surface area contributed by atoms with Crippen LogP contribution in [0.15, 0.2) is 53.5 Å². The summed E-state index contributed by atoms with van der Waals surface area (Å²) in [6.07, 6.45) is 4.25. The number of hydrogen-bond donors (Lipinski definition) is 1. The highest BCUT2D eigenvalue weighted by Crippen LogP contribution is 2.29. The Kier molecular flexibility index (Phi) is 5.49. The van der Waals surface area contributed by atoms with Crippen LogP contribution in [-0.4, -0.2) is 43.0 Å². The summed E-state index contributed by atoms with van der Waals surface area (Å²) < 4.78 is 5.14. The van der Waals surface area contributed by atoms with Gasteiger partial charge in [-0.05, 0) is 43.6 Å². The molecule has 0 unspecified atom stereocenters.